The molecule has 1 fully saturated rings. The van der Waals surface area contributed by atoms with Gasteiger partial charge in [0.15, 0.2) is 0 Å². The lowest BCUT2D eigenvalue weighted by Gasteiger charge is -2.24. The van der Waals surface area contributed by atoms with Crippen molar-refractivity contribution >= 4 is 22.7 Å². The molecule has 0 aliphatic heterocycles. The van der Waals surface area contributed by atoms with Crippen molar-refractivity contribution < 1.29 is 0 Å². The molecule has 2 aromatic carbocycles. The van der Waals surface area contributed by atoms with Gasteiger partial charge in [-0.2, -0.15) is 4.98 Å². The smallest absolute Gasteiger partial charge is 0.222 e. The maximum Gasteiger partial charge on any atom is 0.222 e. The number of aryl methyl sites for hydroxylation is 1. The largest absolute Gasteiger partial charge is 0.368 e. The Hall–Kier alpha value is -2.62. The predicted molar refractivity (Wildman–Crippen MR) is 118 cm³/mol. The van der Waals surface area contributed by atoms with Crippen LogP contribution in [0.4, 0.5) is 11.8 Å². The molecule has 0 unspecified atom stereocenters. The van der Waals surface area contributed by atoms with Crippen LogP contribution in [-0.4, -0.2) is 16.0 Å². The number of nitrogens with one attached hydrogen (secondary N) is 1. The number of nitrogens with two attached hydrogens (primary N) is 1. The zero-order valence-electron chi connectivity index (χ0n) is 16.7. The summed E-state index contributed by atoms with van der Waals surface area (Å²) >= 11 is 0. The molecule has 146 valence electrons. The lowest BCUT2D eigenvalue weighted by atomic mass is 9.95. The third kappa shape index (κ3) is 4.27. The van der Waals surface area contributed by atoms with Crippen molar-refractivity contribution in [2.45, 2.75) is 64.3 Å². The Labute approximate surface area is 167 Å². The van der Waals surface area contributed by atoms with E-state index in [1.165, 1.54) is 61.6 Å². The van der Waals surface area contributed by atoms with Crippen molar-refractivity contribution in [2.24, 2.45) is 0 Å². The summed E-state index contributed by atoms with van der Waals surface area (Å²) in [6.07, 6.45) is 9.92. The summed E-state index contributed by atoms with van der Waals surface area (Å²) in [5.74, 6) is 1.20. The molecular formula is C24H30N4. The quantitative estimate of drug-likeness (QED) is 0.558. The van der Waals surface area contributed by atoms with Crippen LogP contribution in [0.1, 0.15) is 57.4 Å². The zero-order valence-corrected chi connectivity index (χ0v) is 16.7. The highest BCUT2D eigenvalue weighted by atomic mass is 15.1. The van der Waals surface area contributed by atoms with Crippen LogP contribution in [0.25, 0.3) is 22.0 Å². The van der Waals surface area contributed by atoms with E-state index in [0.29, 0.717) is 12.0 Å². The van der Waals surface area contributed by atoms with Crippen LogP contribution in [0.3, 0.4) is 0 Å². The van der Waals surface area contributed by atoms with Crippen molar-refractivity contribution in [1.82, 2.24) is 9.97 Å². The van der Waals surface area contributed by atoms with Crippen LogP contribution in [-0.2, 0) is 6.42 Å². The first kappa shape index (κ1) is 18.7. The van der Waals surface area contributed by atoms with E-state index in [0.717, 1.165) is 23.1 Å². The number of hydrogen-bond acceptors (Lipinski definition) is 4. The van der Waals surface area contributed by atoms with E-state index in [9.17, 15) is 0 Å². The number of aromatic nitrogens is 2. The highest BCUT2D eigenvalue weighted by Crippen LogP contribution is 2.30. The molecule has 1 aliphatic carbocycles. The number of anilines is 2. The molecular weight excluding hydrogens is 344 g/mol. The number of fused-ring (bicyclic) bond motifs is 1. The van der Waals surface area contributed by atoms with Crippen molar-refractivity contribution in [2.75, 3.05) is 11.1 Å². The first-order valence-electron chi connectivity index (χ1n) is 10.7. The van der Waals surface area contributed by atoms with Gasteiger partial charge in [0.25, 0.3) is 0 Å². The number of nitrogens with zero attached hydrogens (tertiary/aromatic N) is 2. The average molecular weight is 375 g/mol. The van der Waals surface area contributed by atoms with Gasteiger partial charge in [-0.25, -0.2) is 4.98 Å². The third-order valence-electron chi connectivity index (χ3n) is 5.77. The molecule has 0 amide bonds. The zero-order chi connectivity index (χ0) is 19.3. The van der Waals surface area contributed by atoms with Crippen LogP contribution < -0.4 is 11.1 Å². The molecule has 1 aliphatic rings. The lowest BCUT2D eigenvalue weighted by molar-refractivity contribution is 0.462. The summed E-state index contributed by atoms with van der Waals surface area (Å²) in [5.41, 5.74) is 10.7. The minimum Gasteiger partial charge on any atom is -0.368 e. The second-order valence-electron chi connectivity index (χ2n) is 7.94. The minimum atomic E-state index is 0.332. The third-order valence-corrected chi connectivity index (χ3v) is 5.77. The first-order valence-corrected chi connectivity index (χ1v) is 10.7. The molecule has 3 aromatic rings. The topological polar surface area (TPSA) is 63.8 Å². The number of hydrogen-bond donors (Lipinski definition) is 2. The molecule has 4 rings (SSSR count). The number of benzene rings is 2. The predicted octanol–water partition coefficient (Wildman–Crippen LogP) is 5.97. The van der Waals surface area contributed by atoms with Crippen molar-refractivity contribution in [3.63, 3.8) is 0 Å². The standard InChI is InChI=1S/C24H30N4/c1-2-3-7-17-10-12-18(13-11-17)19-14-15-22-21(16-19)23(28-24(25)27-22)26-20-8-5-4-6-9-20/h10-16,20H,2-9H2,1H3,(H3,25,26,27,28). The SMILES string of the molecule is CCCCc1ccc(-c2ccc3nc(N)nc(NC4CCCCC4)c3c2)cc1. The molecule has 1 saturated carbocycles. The van der Waals surface area contributed by atoms with Gasteiger partial charge in [0.1, 0.15) is 5.82 Å². The molecule has 0 radical (unpaired) electrons. The number of unbranched alkanes of at least 4 members (excludes halogenated alkanes) is 1. The summed E-state index contributed by atoms with van der Waals surface area (Å²) < 4.78 is 0. The Morgan fingerprint density at radius 3 is 2.46 bits per heavy atom. The lowest BCUT2D eigenvalue weighted by Crippen LogP contribution is -2.23. The Morgan fingerprint density at radius 2 is 1.71 bits per heavy atom. The molecule has 0 atom stereocenters. The summed E-state index contributed by atoms with van der Waals surface area (Å²) in [4.78, 5) is 8.97. The van der Waals surface area contributed by atoms with Gasteiger partial charge in [0.2, 0.25) is 5.95 Å². The van der Waals surface area contributed by atoms with Gasteiger partial charge in [0, 0.05) is 11.4 Å². The van der Waals surface area contributed by atoms with E-state index < -0.39 is 0 Å². The van der Waals surface area contributed by atoms with Gasteiger partial charge in [-0.15, -0.1) is 0 Å². The molecule has 0 bridgehead atoms. The van der Waals surface area contributed by atoms with E-state index in [2.05, 4.69) is 64.7 Å². The Kier molecular flexibility index (Phi) is 5.75. The molecule has 3 N–H and O–H groups in total. The molecule has 1 heterocycles. The van der Waals surface area contributed by atoms with Crippen molar-refractivity contribution in [3.05, 3.63) is 48.0 Å². The average Bonchev–Trinajstić information content (AvgIpc) is 2.73. The molecule has 4 nitrogen and oxygen atoms in total. The van der Waals surface area contributed by atoms with Gasteiger partial charge in [0.05, 0.1) is 5.52 Å². The summed E-state index contributed by atoms with van der Waals surface area (Å²) in [6, 6.07) is 15.8. The van der Waals surface area contributed by atoms with Gasteiger partial charge < -0.3 is 11.1 Å². The normalized spacial score (nSPS) is 15.0. The maximum atomic E-state index is 5.97. The Morgan fingerprint density at radius 1 is 0.964 bits per heavy atom. The molecule has 28 heavy (non-hydrogen) atoms. The fourth-order valence-electron chi connectivity index (χ4n) is 4.12. The highest BCUT2D eigenvalue weighted by molar-refractivity contribution is 5.93. The highest BCUT2D eigenvalue weighted by Gasteiger charge is 2.16. The van der Waals surface area contributed by atoms with Crippen LogP contribution in [0.15, 0.2) is 42.5 Å². The van der Waals surface area contributed by atoms with E-state index >= 15 is 0 Å². The summed E-state index contributed by atoms with van der Waals surface area (Å²) in [6.45, 7) is 2.23. The minimum absolute atomic E-state index is 0.332. The van der Waals surface area contributed by atoms with Crippen molar-refractivity contribution in [1.29, 1.82) is 0 Å². The fourth-order valence-corrected chi connectivity index (χ4v) is 4.12. The van der Waals surface area contributed by atoms with Crippen LogP contribution in [0.2, 0.25) is 0 Å². The van der Waals surface area contributed by atoms with Crippen LogP contribution in [0, 0.1) is 0 Å². The molecule has 0 spiro atoms. The first-order chi connectivity index (χ1) is 13.7. The number of nitrogen functional groups attached to an aromatic ring is 1. The van der Waals surface area contributed by atoms with Crippen LogP contribution >= 0.6 is 0 Å². The van der Waals surface area contributed by atoms with Gasteiger partial charge in [-0.05, 0) is 54.5 Å². The number of rotatable bonds is 6. The molecule has 4 heteroatoms. The van der Waals surface area contributed by atoms with Crippen LogP contribution in [0.5, 0.6) is 0 Å². The van der Waals surface area contributed by atoms with E-state index in [4.69, 9.17) is 5.73 Å². The van der Waals surface area contributed by atoms with E-state index in [1.807, 2.05) is 0 Å². The maximum absolute atomic E-state index is 5.97. The van der Waals surface area contributed by atoms with Gasteiger partial charge >= 0.3 is 0 Å². The van der Waals surface area contributed by atoms with Crippen molar-refractivity contribution in [3.8, 4) is 11.1 Å². The van der Waals surface area contributed by atoms with Gasteiger partial charge in [-0.1, -0.05) is 62.9 Å². The molecule has 1 aromatic heterocycles. The Bertz CT molecular complexity index is 927. The van der Waals surface area contributed by atoms with E-state index in [-0.39, 0.29) is 0 Å². The van der Waals surface area contributed by atoms with Gasteiger partial charge in [-0.3, -0.25) is 0 Å². The second kappa shape index (κ2) is 8.59. The Balaban J connectivity index is 1.65. The van der Waals surface area contributed by atoms with E-state index in [1.54, 1.807) is 0 Å². The second-order valence-corrected chi connectivity index (χ2v) is 7.94. The summed E-state index contributed by atoms with van der Waals surface area (Å²) in [5, 5.41) is 4.69. The monoisotopic (exact) mass is 374 g/mol. The molecule has 0 saturated heterocycles. The summed E-state index contributed by atoms with van der Waals surface area (Å²) in [7, 11) is 0. The fraction of sp³-hybridized carbons (Fsp3) is 0.417.